The first kappa shape index (κ1) is 17.2. The molecule has 0 aliphatic heterocycles. The normalized spacial score (nSPS) is 10.2. The van der Waals surface area contributed by atoms with E-state index < -0.39 is 17.5 Å². The van der Waals surface area contributed by atoms with Gasteiger partial charge in [-0.05, 0) is 42.5 Å². The van der Waals surface area contributed by atoms with E-state index in [4.69, 9.17) is 0 Å². The standard InChI is InChI=1S/C19H13F2N3O2/c20-13-4-5-16(17(21)10-13)19(26)24-15-3-1-2-14(11-15)23-18(25)12-6-8-22-9-7-12/h1-11H,(H,23,25)(H,24,26). The molecule has 7 heteroatoms. The lowest BCUT2D eigenvalue weighted by atomic mass is 10.2. The molecule has 2 amide bonds. The molecule has 0 saturated carbocycles. The van der Waals surface area contributed by atoms with Crippen molar-refractivity contribution in [3.63, 3.8) is 0 Å². The summed E-state index contributed by atoms with van der Waals surface area (Å²) in [6.07, 6.45) is 3.01. The number of pyridine rings is 1. The summed E-state index contributed by atoms with van der Waals surface area (Å²) in [6.45, 7) is 0. The number of amides is 2. The number of hydrogen-bond donors (Lipinski definition) is 2. The van der Waals surface area contributed by atoms with Crippen molar-refractivity contribution in [2.24, 2.45) is 0 Å². The summed E-state index contributed by atoms with van der Waals surface area (Å²) in [5.74, 6) is -2.77. The minimum Gasteiger partial charge on any atom is -0.322 e. The van der Waals surface area contributed by atoms with Crippen molar-refractivity contribution in [1.82, 2.24) is 4.98 Å². The smallest absolute Gasteiger partial charge is 0.258 e. The van der Waals surface area contributed by atoms with Crippen LogP contribution in [0.25, 0.3) is 0 Å². The summed E-state index contributed by atoms with van der Waals surface area (Å²) in [5.41, 5.74) is 0.955. The van der Waals surface area contributed by atoms with Crippen LogP contribution >= 0.6 is 0 Å². The summed E-state index contributed by atoms with van der Waals surface area (Å²) in [6, 6.07) is 12.2. The Morgan fingerprint density at radius 1 is 0.808 bits per heavy atom. The predicted molar refractivity (Wildman–Crippen MR) is 92.9 cm³/mol. The molecule has 0 radical (unpaired) electrons. The molecule has 3 aromatic rings. The number of carbonyl (C=O) groups excluding carboxylic acids is 2. The molecule has 5 nitrogen and oxygen atoms in total. The van der Waals surface area contributed by atoms with Gasteiger partial charge >= 0.3 is 0 Å². The molecule has 0 unspecified atom stereocenters. The molecule has 2 N–H and O–H groups in total. The third kappa shape index (κ3) is 4.07. The second-order valence-electron chi connectivity index (χ2n) is 5.35. The second-order valence-corrected chi connectivity index (χ2v) is 5.35. The van der Waals surface area contributed by atoms with Crippen LogP contribution in [-0.4, -0.2) is 16.8 Å². The molecule has 0 atom stereocenters. The van der Waals surface area contributed by atoms with Gasteiger partial charge in [0.15, 0.2) is 0 Å². The van der Waals surface area contributed by atoms with Gasteiger partial charge in [-0.2, -0.15) is 0 Å². The van der Waals surface area contributed by atoms with Crippen LogP contribution in [0.1, 0.15) is 20.7 Å². The molecule has 130 valence electrons. The first-order valence-corrected chi connectivity index (χ1v) is 7.61. The Balaban J connectivity index is 1.73. The first-order valence-electron chi connectivity index (χ1n) is 7.61. The van der Waals surface area contributed by atoms with Crippen molar-refractivity contribution in [3.05, 3.63) is 89.8 Å². The summed E-state index contributed by atoms with van der Waals surface area (Å²) in [7, 11) is 0. The van der Waals surface area contributed by atoms with Gasteiger partial charge in [0, 0.05) is 35.4 Å². The van der Waals surface area contributed by atoms with E-state index in [0.717, 1.165) is 12.1 Å². The van der Waals surface area contributed by atoms with E-state index in [1.54, 1.807) is 30.3 Å². The SMILES string of the molecule is O=C(Nc1cccc(NC(=O)c2ccc(F)cc2F)c1)c1ccncc1. The van der Waals surface area contributed by atoms with E-state index >= 15 is 0 Å². The van der Waals surface area contributed by atoms with Crippen LogP contribution in [0.4, 0.5) is 20.2 Å². The molecule has 2 aromatic carbocycles. The topological polar surface area (TPSA) is 71.1 Å². The summed E-state index contributed by atoms with van der Waals surface area (Å²) in [5, 5.41) is 5.20. The highest BCUT2D eigenvalue weighted by Gasteiger charge is 2.13. The van der Waals surface area contributed by atoms with Gasteiger partial charge in [-0.15, -0.1) is 0 Å². The number of nitrogens with zero attached hydrogens (tertiary/aromatic N) is 1. The average molecular weight is 353 g/mol. The maximum atomic E-state index is 13.7. The maximum absolute atomic E-state index is 13.7. The fraction of sp³-hybridized carbons (Fsp3) is 0. The van der Waals surface area contributed by atoms with Gasteiger partial charge in [-0.25, -0.2) is 8.78 Å². The zero-order valence-corrected chi connectivity index (χ0v) is 13.4. The van der Waals surface area contributed by atoms with Gasteiger partial charge < -0.3 is 10.6 Å². The Morgan fingerprint density at radius 3 is 2.12 bits per heavy atom. The lowest BCUT2D eigenvalue weighted by molar-refractivity contribution is 0.101. The number of anilines is 2. The highest BCUT2D eigenvalue weighted by atomic mass is 19.1. The van der Waals surface area contributed by atoms with Gasteiger partial charge in [0.25, 0.3) is 11.8 Å². The highest BCUT2D eigenvalue weighted by Crippen LogP contribution is 2.18. The van der Waals surface area contributed by atoms with Crippen LogP contribution in [0, 0.1) is 11.6 Å². The summed E-state index contributed by atoms with van der Waals surface area (Å²) >= 11 is 0. The minimum atomic E-state index is -0.954. The molecule has 1 aromatic heterocycles. The van der Waals surface area contributed by atoms with Crippen LogP contribution in [0.2, 0.25) is 0 Å². The Labute approximate surface area is 147 Å². The third-order valence-electron chi connectivity index (χ3n) is 3.50. The van der Waals surface area contributed by atoms with Crippen molar-refractivity contribution in [2.75, 3.05) is 10.6 Å². The van der Waals surface area contributed by atoms with Crippen molar-refractivity contribution in [2.45, 2.75) is 0 Å². The van der Waals surface area contributed by atoms with E-state index in [9.17, 15) is 18.4 Å². The number of carbonyl (C=O) groups is 2. The quantitative estimate of drug-likeness (QED) is 0.748. The zero-order valence-electron chi connectivity index (χ0n) is 13.4. The number of halogens is 2. The van der Waals surface area contributed by atoms with Crippen molar-refractivity contribution < 1.29 is 18.4 Å². The molecule has 1 heterocycles. The van der Waals surface area contributed by atoms with Crippen LogP contribution in [0.15, 0.2) is 67.0 Å². The van der Waals surface area contributed by atoms with Gasteiger partial charge in [-0.1, -0.05) is 6.07 Å². The highest BCUT2D eigenvalue weighted by molar-refractivity contribution is 6.06. The molecule has 0 saturated heterocycles. The molecule has 3 rings (SSSR count). The fourth-order valence-electron chi connectivity index (χ4n) is 2.25. The van der Waals surface area contributed by atoms with Gasteiger partial charge in [0.1, 0.15) is 11.6 Å². The Hall–Kier alpha value is -3.61. The van der Waals surface area contributed by atoms with Gasteiger partial charge in [-0.3, -0.25) is 14.6 Å². The summed E-state index contributed by atoms with van der Waals surface area (Å²) < 4.78 is 26.6. The first-order chi connectivity index (χ1) is 12.5. The van der Waals surface area contributed by atoms with Crippen molar-refractivity contribution in [3.8, 4) is 0 Å². The maximum Gasteiger partial charge on any atom is 0.258 e. The number of nitrogens with one attached hydrogen (secondary N) is 2. The van der Waals surface area contributed by atoms with Crippen LogP contribution in [-0.2, 0) is 0 Å². The van der Waals surface area contributed by atoms with Crippen LogP contribution < -0.4 is 10.6 Å². The fourth-order valence-corrected chi connectivity index (χ4v) is 2.25. The molecular formula is C19H13F2N3O2. The molecule has 26 heavy (non-hydrogen) atoms. The molecular weight excluding hydrogens is 340 g/mol. The largest absolute Gasteiger partial charge is 0.322 e. The van der Waals surface area contributed by atoms with E-state index in [1.807, 2.05) is 0 Å². The summed E-state index contributed by atoms with van der Waals surface area (Å²) in [4.78, 5) is 28.1. The Morgan fingerprint density at radius 2 is 1.46 bits per heavy atom. The van der Waals surface area contributed by atoms with E-state index in [-0.39, 0.29) is 11.5 Å². The number of benzene rings is 2. The monoisotopic (exact) mass is 353 g/mol. The third-order valence-corrected chi connectivity index (χ3v) is 3.50. The number of hydrogen-bond acceptors (Lipinski definition) is 3. The van der Waals surface area contributed by atoms with Gasteiger partial charge in [0.2, 0.25) is 0 Å². The zero-order chi connectivity index (χ0) is 18.5. The second kappa shape index (κ2) is 7.52. The Bertz CT molecular complexity index is 962. The molecule has 0 aliphatic carbocycles. The van der Waals surface area contributed by atoms with E-state index in [0.29, 0.717) is 23.0 Å². The number of rotatable bonds is 4. The van der Waals surface area contributed by atoms with Gasteiger partial charge in [0.05, 0.1) is 5.56 Å². The van der Waals surface area contributed by atoms with E-state index in [1.165, 1.54) is 18.5 Å². The number of aromatic nitrogens is 1. The minimum absolute atomic E-state index is 0.280. The average Bonchev–Trinajstić information content (AvgIpc) is 2.62. The predicted octanol–water partition coefficient (Wildman–Crippen LogP) is 3.86. The van der Waals surface area contributed by atoms with Crippen LogP contribution in [0.5, 0.6) is 0 Å². The van der Waals surface area contributed by atoms with Crippen LogP contribution in [0.3, 0.4) is 0 Å². The van der Waals surface area contributed by atoms with E-state index in [2.05, 4.69) is 15.6 Å². The molecule has 0 bridgehead atoms. The lowest BCUT2D eigenvalue weighted by Gasteiger charge is -2.09. The van der Waals surface area contributed by atoms with Crippen molar-refractivity contribution in [1.29, 1.82) is 0 Å². The molecule has 0 fully saturated rings. The lowest BCUT2D eigenvalue weighted by Crippen LogP contribution is -2.15. The van der Waals surface area contributed by atoms with Crippen molar-refractivity contribution >= 4 is 23.2 Å². The molecule has 0 aliphatic rings. The Kier molecular flexibility index (Phi) is 4.98. The molecule has 0 spiro atoms.